The van der Waals surface area contributed by atoms with Crippen LogP contribution in [0.15, 0.2) is 53.3 Å². The van der Waals surface area contributed by atoms with Crippen LogP contribution in [0.4, 0.5) is 16.0 Å². The van der Waals surface area contributed by atoms with Gasteiger partial charge in [0, 0.05) is 29.6 Å². The monoisotopic (exact) mass is 426 g/mol. The minimum atomic E-state index is -0.434. The lowest BCUT2D eigenvalue weighted by Gasteiger charge is -2.15. The molecule has 8 nitrogen and oxygen atoms in total. The molecule has 0 aliphatic heterocycles. The molecule has 31 heavy (non-hydrogen) atoms. The molecule has 1 aromatic heterocycles. The Balaban J connectivity index is 1.78. The number of carbonyl (C=O) groups is 1. The minimum Gasteiger partial charge on any atom is -0.493 e. The van der Waals surface area contributed by atoms with Crippen molar-refractivity contribution in [3.8, 4) is 11.5 Å². The topological polar surface area (TPSA) is 94.5 Å². The maximum Gasteiger partial charge on any atom is 0.255 e. The van der Waals surface area contributed by atoms with Crippen LogP contribution in [0.5, 0.6) is 11.5 Å². The molecule has 0 aliphatic carbocycles. The number of benzene rings is 2. The van der Waals surface area contributed by atoms with Crippen LogP contribution in [0.3, 0.4) is 0 Å². The average Bonchev–Trinajstić information content (AvgIpc) is 2.74. The van der Waals surface area contributed by atoms with Crippen LogP contribution in [-0.4, -0.2) is 29.7 Å². The number of nitrogens with one attached hydrogen (secondary N) is 2. The minimum absolute atomic E-state index is 0.143. The Morgan fingerprint density at radius 1 is 1.13 bits per heavy atom. The summed E-state index contributed by atoms with van der Waals surface area (Å²) in [5.74, 6) is 0.379. The van der Waals surface area contributed by atoms with Gasteiger partial charge in [0.05, 0.1) is 14.2 Å². The van der Waals surface area contributed by atoms with Crippen molar-refractivity contribution in [3.63, 3.8) is 0 Å². The van der Waals surface area contributed by atoms with E-state index in [-0.39, 0.29) is 19.0 Å². The van der Waals surface area contributed by atoms with Gasteiger partial charge in [0.1, 0.15) is 12.4 Å². The Hall–Kier alpha value is -3.88. The van der Waals surface area contributed by atoms with Gasteiger partial charge in [-0.05, 0) is 31.2 Å². The Morgan fingerprint density at radius 3 is 2.61 bits per heavy atom. The van der Waals surface area contributed by atoms with E-state index in [2.05, 4.69) is 15.6 Å². The highest BCUT2D eigenvalue weighted by molar-refractivity contribution is 5.76. The van der Waals surface area contributed by atoms with E-state index in [9.17, 15) is 14.0 Å². The van der Waals surface area contributed by atoms with Gasteiger partial charge in [-0.1, -0.05) is 18.2 Å². The number of aromatic nitrogens is 2. The highest BCUT2D eigenvalue weighted by atomic mass is 19.1. The predicted octanol–water partition coefficient (Wildman–Crippen LogP) is 2.77. The molecule has 0 saturated carbocycles. The first kappa shape index (κ1) is 21.8. The third-order valence-electron chi connectivity index (χ3n) is 4.48. The Bertz CT molecular complexity index is 1150. The van der Waals surface area contributed by atoms with E-state index in [1.165, 1.54) is 43.1 Å². The molecule has 2 aromatic carbocycles. The number of anilines is 2. The molecule has 0 atom stereocenters. The molecule has 3 aromatic rings. The molecule has 1 amide bonds. The fourth-order valence-corrected chi connectivity index (χ4v) is 3.05. The van der Waals surface area contributed by atoms with E-state index >= 15 is 0 Å². The predicted molar refractivity (Wildman–Crippen MR) is 114 cm³/mol. The number of amides is 1. The van der Waals surface area contributed by atoms with Gasteiger partial charge < -0.3 is 20.1 Å². The number of nitrogens with zero attached hydrogens (tertiary/aromatic N) is 2. The zero-order valence-corrected chi connectivity index (χ0v) is 17.4. The molecule has 162 valence electrons. The quantitative estimate of drug-likeness (QED) is 0.575. The van der Waals surface area contributed by atoms with Gasteiger partial charge in [0.25, 0.3) is 5.56 Å². The number of para-hydroxylation sites is 1. The molecule has 0 unspecified atom stereocenters. The molecule has 0 radical (unpaired) electrons. The number of ether oxygens (including phenoxy) is 2. The molecule has 1 heterocycles. The summed E-state index contributed by atoms with van der Waals surface area (Å²) in [6.45, 7) is 1.58. The molecule has 0 saturated heterocycles. The molecule has 3 rings (SSSR count). The van der Waals surface area contributed by atoms with Crippen molar-refractivity contribution >= 4 is 17.5 Å². The van der Waals surface area contributed by atoms with Gasteiger partial charge in [-0.3, -0.25) is 14.2 Å². The Kier molecular flexibility index (Phi) is 6.86. The third kappa shape index (κ3) is 5.39. The van der Waals surface area contributed by atoms with Gasteiger partial charge in [-0.15, -0.1) is 0 Å². The zero-order chi connectivity index (χ0) is 22.4. The smallest absolute Gasteiger partial charge is 0.255 e. The van der Waals surface area contributed by atoms with Gasteiger partial charge in [0.15, 0.2) is 11.5 Å². The number of rotatable bonds is 8. The van der Waals surface area contributed by atoms with Gasteiger partial charge in [-0.2, -0.15) is 0 Å². The van der Waals surface area contributed by atoms with Crippen LogP contribution in [0.25, 0.3) is 0 Å². The van der Waals surface area contributed by atoms with E-state index in [4.69, 9.17) is 9.47 Å². The maximum atomic E-state index is 13.5. The number of hydrogen-bond donors (Lipinski definition) is 2. The number of aryl methyl sites for hydroxylation is 1. The fourth-order valence-electron chi connectivity index (χ4n) is 3.05. The van der Waals surface area contributed by atoms with Crippen molar-refractivity contribution < 1.29 is 18.7 Å². The van der Waals surface area contributed by atoms with Crippen molar-refractivity contribution in [2.45, 2.75) is 20.0 Å². The fraction of sp³-hybridized carbons (Fsp3) is 0.227. The van der Waals surface area contributed by atoms with Gasteiger partial charge in [-0.25, -0.2) is 9.37 Å². The second-order valence-corrected chi connectivity index (χ2v) is 6.71. The lowest BCUT2D eigenvalue weighted by molar-refractivity contribution is -0.121. The zero-order valence-electron chi connectivity index (χ0n) is 17.4. The largest absolute Gasteiger partial charge is 0.493 e. The van der Waals surface area contributed by atoms with E-state index in [0.29, 0.717) is 22.9 Å². The van der Waals surface area contributed by atoms with Crippen LogP contribution in [0, 0.1) is 12.7 Å². The Morgan fingerprint density at radius 2 is 1.90 bits per heavy atom. The number of halogens is 1. The van der Waals surface area contributed by atoms with Crippen LogP contribution in [0.2, 0.25) is 0 Å². The van der Waals surface area contributed by atoms with E-state index in [0.717, 1.165) is 5.56 Å². The highest BCUT2D eigenvalue weighted by Gasteiger charge is 2.14. The lowest BCUT2D eigenvalue weighted by atomic mass is 10.2. The van der Waals surface area contributed by atoms with E-state index in [1.54, 1.807) is 31.2 Å². The summed E-state index contributed by atoms with van der Waals surface area (Å²) < 4.78 is 25.3. The first-order valence-corrected chi connectivity index (χ1v) is 9.49. The normalized spacial score (nSPS) is 10.5. The maximum absolute atomic E-state index is 13.5. The van der Waals surface area contributed by atoms with Crippen molar-refractivity contribution in [1.29, 1.82) is 0 Å². The van der Waals surface area contributed by atoms with Gasteiger partial charge in [0.2, 0.25) is 11.9 Å². The van der Waals surface area contributed by atoms with Crippen LogP contribution < -0.4 is 25.7 Å². The van der Waals surface area contributed by atoms with Crippen molar-refractivity contribution in [1.82, 2.24) is 14.9 Å². The van der Waals surface area contributed by atoms with Crippen LogP contribution >= 0.6 is 0 Å². The SMILES string of the molecule is COc1cccc(CNC(=O)Cn2c(Nc3cccc(F)c3)nc(C)cc2=O)c1OC. The standard InChI is InChI=1S/C22H23FN4O4/c1-14-10-20(29)27(22(25-14)26-17-8-5-7-16(23)11-17)13-19(28)24-12-15-6-4-9-18(30-2)21(15)31-3/h4-11H,12-13H2,1-3H3,(H,24,28)(H,25,26). The van der Waals surface area contributed by atoms with Crippen molar-refractivity contribution in [2.24, 2.45) is 0 Å². The molecule has 2 N–H and O–H groups in total. The Labute approximate surface area is 178 Å². The van der Waals surface area contributed by atoms with Gasteiger partial charge >= 0.3 is 0 Å². The summed E-state index contributed by atoms with van der Waals surface area (Å²) in [6, 6.07) is 12.4. The number of carbonyl (C=O) groups excluding carboxylic acids is 1. The average molecular weight is 426 g/mol. The molecule has 0 bridgehead atoms. The lowest BCUT2D eigenvalue weighted by Crippen LogP contribution is -2.33. The number of hydrogen-bond acceptors (Lipinski definition) is 6. The molecular weight excluding hydrogens is 403 g/mol. The molecule has 9 heteroatoms. The molecule has 0 spiro atoms. The first-order chi connectivity index (χ1) is 14.9. The van der Waals surface area contributed by atoms with E-state index < -0.39 is 17.3 Å². The van der Waals surface area contributed by atoms with Crippen LogP contribution in [-0.2, 0) is 17.9 Å². The molecule has 0 fully saturated rings. The second-order valence-electron chi connectivity index (χ2n) is 6.71. The first-order valence-electron chi connectivity index (χ1n) is 9.49. The summed E-state index contributed by atoms with van der Waals surface area (Å²) in [5.41, 5.74) is 1.21. The highest BCUT2D eigenvalue weighted by Crippen LogP contribution is 2.30. The summed E-state index contributed by atoms with van der Waals surface area (Å²) in [7, 11) is 3.05. The van der Waals surface area contributed by atoms with Crippen molar-refractivity contribution in [2.75, 3.05) is 19.5 Å². The van der Waals surface area contributed by atoms with Crippen molar-refractivity contribution in [3.05, 3.63) is 76.0 Å². The molecule has 0 aliphatic rings. The van der Waals surface area contributed by atoms with Crippen LogP contribution in [0.1, 0.15) is 11.3 Å². The summed E-state index contributed by atoms with van der Waals surface area (Å²) in [6.07, 6.45) is 0. The van der Waals surface area contributed by atoms with E-state index in [1.807, 2.05) is 0 Å². The third-order valence-corrected chi connectivity index (χ3v) is 4.48. The summed E-state index contributed by atoms with van der Waals surface area (Å²) >= 11 is 0. The summed E-state index contributed by atoms with van der Waals surface area (Å²) in [4.78, 5) is 29.4. The molecular formula is C22H23FN4O4. The second kappa shape index (κ2) is 9.75. The summed E-state index contributed by atoms with van der Waals surface area (Å²) in [5, 5.41) is 5.67. The number of methoxy groups -OCH3 is 2.